The smallest absolute Gasteiger partial charge is 0.247 e. The summed E-state index contributed by atoms with van der Waals surface area (Å²) in [6, 6.07) is 15.6. The van der Waals surface area contributed by atoms with Crippen LogP contribution >= 0.6 is 15.9 Å². The van der Waals surface area contributed by atoms with E-state index >= 15 is 0 Å². The molecule has 0 N–H and O–H groups in total. The van der Waals surface area contributed by atoms with E-state index in [1.165, 1.54) is 4.31 Å². The average Bonchev–Trinajstić information content (AvgIpc) is 3.09. The molecule has 3 aromatic rings. The van der Waals surface area contributed by atoms with Crippen LogP contribution in [-0.2, 0) is 16.6 Å². The van der Waals surface area contributed by atoms with Gasteiger partial charge >= 0.3 is 0 Å². The third kappa shape index (κ3) is 4.03. The highest BCUT2D eigenvalue weighted by Gasteiger charge is 2.29. The molecular weight excluding hydrogens is 418 g/mol. The van der Waals surface area contributed by atoms with E-state index < -0.39 is 10.0 Å². The molecule has 0 aliphatic carbocycles. The van der Waals surface area contributed by atoms with Gasteiger partial charge in [0, 0.05) is 16.1 Å². The predicted octanol–water partition coefficient (Wildman–Crippen LogP) is 4.10. The van der Waals surface area contributed by atoms with Gasteiger partial charge in [-0.2, -0.15) is 4.31 Å². The highest BCUT2D eigenvalue weighted by molar-refractivity contribution is 9.10. The second-order valence-corrected chi connectivity index (χ2v) is 8.77. The van der Waals surface area contributed by atoms with E-state index in [-0.39, 0.29) is 23.4 Å². The largest absolute Gasteiger partial charge is 0.419 e. The predicted molar refractivity (Wildman–Crippen MR) is 102 cm³/mol. The summed E-state index contributed by atoms with van der Waals surface area (Å²) in [6.07, 6.45) is 0. The molecule has 0 radical (unpaired) electrons. The quantitative estimate of drug-likeness (QED) is 0.582. The van der Waals surface area contributed by atoms with Crippen molar-refractivity contribution in [2.45, 2.75) is 31.3 Å². The van der Waals surface area contributed by atoms with Gasteiger partial charge in [-0.3, -0.25) is 0 Å². The Morgan fingerprint density at radius 2 is 1.69 bits per heavy atom. The number of nitrogens with zero attached hydrogens (tertiary/aromatic N) is 3. The second kappa shape index (κ2) is 7.69. The van der Waals surface area contributed by atoms with Gasteiger partial charge < -0.3 is 4.42 Å². The standard InChI is InChI=1S/C18H18BrN3O3S/c1-13(2)22(26(23,24)16-10-8-15(19)9-11-16)12-17-20-21-18(25-17)14-6-4-3-5-7-14/h3-11,13H,12H2,1-2H3. The lowest BCUT2D eigenvalue weighted by molar-refractivity contribution is 0.313. The normalized spacial score (nSPS) is 12.0. The minimum absolute atomic E-state index is 0.00982. The Bertz CT molecular complexity index is 970. The minimum Gasteiger partial charge on any atom is -0.419 e. The molecule has 0 amide bonds. The molecule has 1 aromatic heterocycles. The Balaban J connectivity index is 1.88. The molecular formula is C18H18BrN3O3S. The van der Waals surface area contributed by atoms with Crippen LogP contribution in [0.15, 0.2) is 68.4 Å². The first-order valence-corrected chi connectivity index (χ1v) is 10.3. The molecule has 0 aliphatic rings. The van der Waals surface area contributed by atoms with Gasteiger partial charge in [0.05, 0.1) is 11.4 Å². The van der Waals surface area contributed by atoms with Gasteiger partial charge in [0.15, 0.2) is 0 Å². The average molecular weight is 436 g/mol. The Morgan fingerprint density at radius 3 is 2.31 bits per heavy atom. The van der Waals surface area contributed by atoms with E-state index in [0.29, 0.717) is 5.89 Å². The number of hydrogen-bond donors (Lipinski definition) is 0. The van der Waals surface area contributed by atoms with Crippen LogP contribution in [0.1, 0.15) is 19.7 Å². The summed E-state index contributed by atoms with van der Waals surface area (Å²) in [5, 5.41) is 8.03. The van der Waals surface area contributed by atoms with Crippen LogP contribution in [-0.4, -0.2) is 29.0 Å². The number of halogens is 1. The van der Waals surface area contributed by atoms with Gasteiger partial charge in [0.25, 0.3) is 0 Å². The van der Waals surface area contributed by atoms with Gasteiger partial charge in [-0.25, -0.2) is 8.42 Å². The Morgan fingerprint density at radius 1 is 1.04 bits per heavy atom. The zero-order chi connectivity index (χ0) is 18.7. The van der Waals surface area contributed by atoms with Crippen LogP contribution in [0.25, 0.3) is 11.5 Å². The molecule has 8 heteroatoms. The first kappa shape index (κ1) is 18.8. The summed E-state index contributed by atoms with van der Waals surface area (Å²) in [4.78, 5) is 0.220. The number of hydrogen-bond acceptors (Lipinski definition) is 5. The highest BCUT2D eigenvalue weighted by Crippen LogP contribution is 2.24. The van der Waals surface area contributed by atoms with E-state index in [1.807, 2.05) is 44.2 Å². The Kier molecular flexibility index (Phi) is 5.55. The molecule has 0 saturated carbocycles. The molecule has 0 fully saturated rings. The first-order valence-electron chi connectivity index (χ1n) is 8.03. The van der Waals surface area contributed by atoms with E-state index in [0.717, 1.165) is 10.0 Å². The fourth-order valence-electron chi connectivity index (χ4n) is 2.44. The molecule has 136 valence electrons. The molecule has 0 unspecified atom stereocenters. The summed E-state index contributed by atoms with van der Waals surface area (Å²) < 4.78 is 33.8. The van der Waals surface area contributed by atoms with Gasteiger partial charge in [0.2, 0.25) is 21.8 Å². The lowest BCUT2D eigenvalue weighted by Crippen LogP contribution is -2.36. The van der Waals surface area contributed by atoms with Gasteiger partial charge in [-0.1, -0.05) is 34.1 Å². The SMILES string of the molecule is CC(C)N(Cc1nnc(-c2ccccc2)o1)S(=O)(=O)c1ccc(Br)cc1. The zero-order valence-electron chi connectivity index (χ0n) is 14.3. The molecule has 3 rings (SSSR count). The molecule has 0 spiro atoms. The van der Waals surface area contributed by atoms with E-state index in [2.05, 4.69) is 26.1 Å². The second-order valence-electron chi connectivity index (χ2n) is 5.96. The van der Waals surface area contributed by atoms with Crippen molar-refractivity contribution >= 4 is 26.0 Å². The van der Waals surface area contributed by atoms with Crippen molar-refractivity contribution in [2.75, 3.05) is 0 Å². The third-order valence-corrected chi connectivity index (χ3v) is 6.34. The van der Waals surface area contributed by atoms with Crippen molar-refractivity contribution in [2.24, 2.45) is 0 Å². The maximum Gasteiger partial charge on any atom is 0.247 e. The van der Waals surface area contributed by atoms with Crippen LogP contribution < -0.4 is 0 Å². The number of sulfonamides is 1. The van der Waals surface area contributed by atoms with Crippen molar-refractivity contribution in [1.82, 2.24) is 14.5 Å². The van der Waals surface area contributed by atoms with E-state index in [9.17, 15) is 8.42 Å². The van der Waals surface area contributed by atoms with Crippen molar-refractivity contribution < 1.29 is 12.8 Å². The molecule has 6 nitrogen and oxygen atoms in total. The van der Waals surface area contributed by atoms with Crippen LogP contribution in [0, 0.1) is 0 Å². The van der Waals surface area contributed by atoms with Gasteiger partial charge in [-0.05, 0) is 50.2 Å². The summed E-state index contributed by atoms with van der Waals surface area (Å²) in [5.74, 6) is 0.614. The van der Waals surface area contributed by atoms with Gasteiger partial charge in [-0.15, -0.1) is 10.2 Å². The Hall–Kier alpha value is -2.03. The molecule has 2 aromatic carbocycles. The number of aromatic nitrogens is 2. The number of benzene rings is 2. The van der Waals surface area contributed by atoms with E-state index in [4.69, 9.17) is 4.42 Å². The molecule has 26 heavy (non-hydrogen) atoms. The zero-order valence-corrected chi connectivity index (χ0v) is 16.7. The summed E-state index contributed by atoms with van der Waals surface area (Å²) in [7, 11) is -3.69. The van der Waals surface area contributed by atoms with Crippen molar-refractivity contribution in [3.63, 3.8) is 0 Å². The van der Waals surface area contributed by atoms with Crippen molar-refractivity contribution in [1.29, 1.82) is 0 Å². The third-order valence-electron chi connectivity index (χ3n) is 3.77. The molecule has 0 aliphatic heterocycles. The lowest BCUT2D eigenvalue weighted by atomic mass is 10.2. The van der Waals surface area contributed by atoms with Crippen LogP contribution in [0.4, 0.5) is 0 Å². The summed E-state index contributed by atoms with van der Waals surface area (Å²) >= 11 is 3.32. The van der Waals surface area contributed by atoms with Crippen molar-refractivity contribution in [3.8, 4) is 11.5 Å². The van der Waals surface area contributed by atoms with E-state index in [1.54, 1.807) is 24.3 Å². The molecule has 0 atom stereocenters. The lowest BCUT2D eigenvalue weighted by Gasteiger charge is -2.24. The summed E-state index contributed by atoms with van der Waals surface area (Å²) in [6.45, 7) is 3.63. The maximum absolute atomic E-state index is 13.0. The molecule has 0 saturated heterocycles. The first-order chi connectivity index (χ1) is 12.4. The highest BCUT2D eigenvalue weighted by atomic mass is 79.9. The fraction of sp³-hybridized carbons (Fsp3) is 0.222. The van der Waals surface area contributed by atoms with Crippen LogP contribution in [0.3, 0.4) is 0 Å². The maximum atomic E-state index is 13.0. The molecule has 0 bridgehead atoms. The number of rotatable bonds is 6. The monoisotopic (exact) mass is 435 g/mol. The van der Waals surface area contributed by atoms with Crippen LogP contribution in [0.2, 0.25) is 0 Å². The minimum atomic E-state index is -3.69. The topological polar surface area (TPSA) is 76.3 Å². The Labute approximate surface area is 161 Å². The summed E-state index contributed by atoms with van der Waals surface area (Å²) in [5.41, 5.74) is 0.790. The molecule has 1 heterocycles. The van der Waals surface area contributed by atoms with Crippen LogP contribution in [0.5, 0.6) is 0 Å². The van der Waals surface area contributed by atoms with Gasteiger partial charge in [0.1, 0.15) is 0 Å². The van der Waals surface area contributed by atoms with Crippen molar-refractivity contribution in [3.05, 3.63) is 65.0 Å². The fourth-order valence-corrected chi connectivity index (χ4v) is 4.29.